The zero-order valence-electron chi connectivity index (χ0n) is 14.3. The van der Waals surface area contributed by atoms with Gasteiger partial charge in [0, 0.05) is 44.3 Å². The molecule has 1 saturated heterocycles. The Bertz CT molecular complexity index is 951. The molecule has 0 unspecified atom stereocenters. The summed E-state index contributed by atoms with van der Waals surface area (Å²) in [5, 5.41) is 3.04. The molecule has 3 heterocycles. The lowest BCUT2D eigenvalue weighted by molar-refractivity contribution is 0.380. The largest absolute Gasteiger partial charge is 0.370 e. The van der Waals surface area contributed by atoms with E-state index in [2.05, 4.69) is 24.8 Å². The molecule has 3 aromatic rings. The number of fused-ring (bicyclic) bond motifs is 1. The zero-order chi connectivity index (χ0) is 17.9. The summed E-state index contributed by atoms with van der Waals surface area (Å²) in [6, 6.07) is 7.65. The standard InChI is InChI=1S/C17H21N7OS/c18-15(22-8-10-23(11-9-22)17-20-6-12-26-17)19-5-7-24-14-4-2-1-3-13(14)21-16(24)25/h1-4,6,12H,5,7-11H2,(H2,18,19)(H,21,25). The van der Waals surface area contributed by atoms with Gasteiger partial charge >= 0.3 is 5.69 Å². The second-order valence-electron chi connectivity index (χ2n) is 6.13. The monoisotopic (exact) mass is 371 g/mol. The van der Waals surface area contributed by atoms with E-state index in [0.717, 1.165) is 42.3 Å². The Labute approximate surface area is 154 Å². The molecule has 26 heavy (non-hydrogen) atoms. The number of anilines is 1. The lowest BCUT2D eigenvalue weighted by Crippen LogP contribution is -2.51. The quantitative estimate of drug-likeness (QED) is 0.525. The minimum Gasteiger partial charge on any atom is -0.370 e. The number of piperazine rings is 1. The highest BCUT2D eigenvalue weighted by atomic mass is 32.1. The van der Waals surface area contributed by atoms with E-state index in [1.54, 1.807) is 15.9 Å². The highest BCUT2D eigenvalue weighted by Crippen LogP contribution is 2.18. The second kappa shape index (κ2) is 7.20. The Morgan fingerprint density at radius 1 is 1.27 bits per heavy atom. The lowest BCUT2D eigenvalue weighted by atomic mass is 10.3. The second-order valence-corrected chi connectivity index (χ2v) is 7.00. The van der Waals surface area contributed by atoms with Crippen LogP contribution in [0, 0.1) is 0 Å². The molecular formula is C17H21N7OS. The molecule has 4 rings (SSSR count). The van der Waals surface area contributed by atoms with Crippen LogP contribution in [-0.2, 0) is 6.54 Å². The van der Waals surface area contributed by atoms with Crippen molar-refractivity contribution < 1.29 is 0 Å². The molecule has 1 aromatic carbocycles. The van der Waals surface area contributed by atoms with Crippen LogP contribution in [0.15, 0.2) is 45.6 Å². The molecular weight excluding hydrogens is 350 g/mol. The van der Waals surface area contributed by atoms with E-state index in [4.69, 9.17) is 5.73 Å². The van der Waals surface area contributed by atoms with Crippen molar-refractivity contribution in [3.05, 3.63) is 46.3 Å². The molecule has 136 valence electrons. The van der Waals surface area contributed by atoms with Gasteiger partial charge in [-0.3, -0.25) is 9.56 Å². The molecule has 1 aliphatic heterocycles. The number of hydrogen-bond acceptors (Lipinski definition) is 5. The third-order valence-corrected chi connectivity index (χ3v) is 5.40. The van der Waals surface area contributed by atoms with Crippen LogP contribution in [0.1, 0.15) is 0 Å². The summed E-state index contributed by atoms with van der Waals surface area (Å²) >= 11 is 1.65. The normalized spacial score (nSPS) is 15.8. The van der Waals surface area contributed by atoms with Crippen molar-refractivity contribution in [1.29, 1.82) is 0 Å². The predicted octanol–water partition coefficient (Wildman–Crippen LogP) is 0.923. The van der Waals surface area contributed by atoms with Gasteiger partial charge in [0.15, 0.2) is 11.1 Å². The highest BCUT2D eigenvalue weighted by molar-refractivity contribution is 7.13. The molecule has 0 spiro atoms. The number of aromatic nitrogens is 3. The van der Waals surface area contributed by atoms with E-state index in [1.165, 1.54) is 0 Å². The zero-order valence-corrected chi connectivity index (χ0v) is 15.2. The van der Waals surface area contributed by atoms with Gasteiger partial charge in [-0.1, -0.05) is 12.1 Å². The smallest absolute Gasteiger partial charge is 0.326 e. The van der Waals surface area contributed by atoms with E-state index in [1.807, 2.05) is 35.8 Å². The maximum Gasteiger partial charge on any atom is 0.326 e. The number of imidazole rings is 1. The maximum atomic E-state index is 12.1. The Morgan fingerprint density at radius 3 is 2.85 bits per heavy atom. The Balaban J connectivity index is 1.35. The third kappa shape index (κ3) is 3.30. The molecule has 3 N–H and O–H groups in total. The summed E-state index contributed by atoms with van der Waals surface area (Å²) < 4.78 is 1.70. The molecule has 0 aliphatic carbocycles. The molecule has 9 heteroatoms. The fourth-order valence-corrected chi connectivity index (χ4v) is 3.89. The number of nitrogens with two attached hydrogens (primary N) is 1. The molecule has 0 bridgehead atoms. The van der Waals surface area contributed by atoms with Gasteiger partial charge in [-0.15, -0.1) is 11.3 Å². The number of nitrogens with zero attached hydrogens (tertiary/aromatic N) is 5. The van der Waals surface area contributed by atoms with Gasteiger partial charge in [-0.05, 0) is 12.1 Å². The molecule has 1 aliphatic rings. The lowest BCUT2D eigenvalue weighted by Gasteiger charge is -2.35. The molecule has 0 saturated carbocycles. The summed E-state index contributed by atoms with van der Waals surface area (Å²) in [6.07, 6.45) is 1.83. The summed E-state index contributed by atoms with van der Waals surface area (Å²) in [4.78, 5) is 28.1. The van der Waals surface area contributed by atoms with E-state index < -0.39 is 0 Å². The van der Waals surface area contributed by atoms with Gasteiger partial charge in [-0.2, -0.15) is 0 Å². The van der Waals surface area contributed by atoms with Crippen LogP contribution in [0.3, 0.4) is 0 Å². The SMILES string of the molecule is NC(=NCCn1c(=O)[nH]c2ccccc21)N1CCN(c2nccs2)CC1. The first-order chi connectivity index (χ1) is 12.7. The Hall–Kier alpha value is -2.81. The van der Waals surface area contributed by atoms with Crippen molar-refractivity contribution in [3.8, 4) is 0 Å². The predicted molar refractivity (Wildman–Crippen MR) is 105 cm³/mol. The number of guanidine groups is 1. The number of H-pyrrole nitrogens is 1. The first-order valence-electron chi connectivity index (χ1n) is 8.59. The van der Waals surface area contributed by atoms with Gasteiger partial charge in [0.1, 0.15) is 0 Å². The Kier molecular flexibility index (Phi) is 4.61. The van der Waals surface area contributed by atoms with Crippen molar-refractivity contribution in [2.24, 2.45) is 10.7 Å². The average molecular weight is 371 g/mol. The van der Waals surface area contributed by atoms with Gasteiger partial charge in [0.05, 0.1) is 17.6 Å². The van der Waals surface area contributed by atoms with Crippen molar-refractivity contribution in [2.45, 2.75) is 6.54 Å². The number of aromatic amines is 1. The molecule has 1 fully saturated rings. The summed E-state index contributed by atoms with van der Waals surface area (Å²) in [7, 11) is 0. The van der Waals surface area contributed by atoms with E-state index in [0.29, 0.717) is 19.0 Å². The van der Waals surface area contributed by atoms with Gasteiger partial charge in [0.2, 0.25) is 0 Å². The highest BCUT2D eigenvalue weighted by Gasteiger charge is 2.19. The minimum atomic E-state index is -0.114. The first-order valence-corrected chi connectivity index (χ1v) is 9.47. The van der Waals surface area contributed by atoms with Crippen molar-refractivity contribution in [1.82, 2.24) is 19.4 Å². The van der Waals surface area contributed by atoms with Crippen LogP contribution < -0.4 is 16.3 Å². The number of rotatable bonds is 4. The van der Waals surface area contributed by atoms with Crippen LogP contribution in [0.4, 0.5) is 5.13 Å². The third-order valence-electron chi connectivity index (χ3n) is 4.57. The summed E-state index contributed by atoms with van der Waals surface area (Å²) in [5.74, 6) is 0.539. The number of thiazole rings is 1. The Morgan fingerprint density at radius 2 is 2.08 bits per heavy atom. The van der Waals surface area contributed by atoms with Gasteiger partial charge in [0.25, 0.3) is 0 Å². The van der Waals surface area contributed by atoms with Crippen molar-refractivity contribution in [3.63, 3.8) is 0 Å². The van der Waals surface area contributed by atoms with Crippen LogP contribution in [-0.4, -0.2) is 58.1 Å². The summed E-state index contributed by atoms with van der Waals surface area (Å²) in [5.41, 5.74) is 7.77. The molecule has 2 aromatic heterocycles. The van der Waals surface area contributed by atoms with Crippen molar-refractivity contribution >= 4 is 33.5 Å². The van der Waals surface area contributed by atoms with Crippen LogP contribution in [0.5, 0.6) is 0 Å². The maximum absolute atomic E-state index is 12.1. The van der Waals surface area contributed by atoms with E-state index in [-0.39, 0.29) is 5.69 Å². The molecule has 8 nitrogen and oxygen atoms in total. The first kappa shape index (κ1) is 16.6. The number of nitrogens with one attached hydrogen (secondary N) is 1. The molecule has 0 amide bonds. The number of benzene rings is 1. The average Bonchev–Trinajstić information content (AvgIpc) is 3.30. The number of hydrogen-bond donors (Lipinski definition) is 2. The van der Waals surface area contributed by atoms with Crippen LogP contribution >= 0.6 is 11.3 Å². The molecule has 0 radical (unpaired) electrons. The topological polar surface area (TPSA) is 95.5 Å². The number of aliphatic imine (C=N–C) groups is 1. The van der Waals surface area contributed by atoms with Gasteiger partial charge in [-0.25, -0.2) is 9.78 Å². The van der Waals surface area contributed by atoms with E-state index in [9.17, 15) is 4.79 Å². The van der Waals surface area contributed by atoms with Crippen LogP contribution in [0.25, 0.3) is 11.0 Å². The fraction of sp³-hybridized carbons (Fsp3) is 0.353. The minimum absolute atomic E-state index is 0.114. The number of para-hydroxylation sites is 2. The van der Waals surface area contributed by atoms with E-state index >= 15 is 0 Å². The fourth-order valence-electron chi connectivity index (χ4n) is 3.19. The van der Waals surface area contributed by atoms with Crippen LogP contribution in [0.2, 0.25) is 0 Å². The van der Waals surface area contributed by atoms with Gasteiger partial charge < -0.3 is 20.5 Å². The van der Waals surface area contributed by atoms with Crippen molar-refractivity contribution in [2.75, 3.05) is 37.6 Å². The summed E-state index contributed by atoms with van der Waals surface area (Å²) in [6.45, 7) is 4.38. The molecule has 0 atom stereocenters.